The summed E-state index contributed by atoms with van der Waals surface area (Å²) in [5.41, 5.74) is 2.53. The first-order valence-corrected chi connectivity index (χ1v) is 7.47. The van der Waals surface area contributed by atoms with E-state index in [0.717, 1.165) is 35.9 Å². The zero-order valence-corrected chi connectivity index (χ0v) is 11.8. The Labute approximate surface area is 113 Å². The predicted octanol–water partition coefficient (Wildman–Crippen LogP) is 3.08. The third kappa shape index (κ3) is 2.36. The van der Waals surface area contributed by atoms with Crippen LogP contribution in [-0.2, 0) is 13.0 Å². The summed E-state index contributed by atoms with van der Waals surface area (Å²) in [4.78, 5) is 8.24. The van der Waals surface area contributed by atoms with E-state index in [-0.39, 0.29) is 0 Å². The highest BCUT2D eigenvalue weighted by atomic mass is 32.1. The van der Waals surface area contributed by atoms with Crippen molar-refractivity contribution in [2.75, 3.05) is 6.54 Å². The molecular formula is C14H21N3S. The molecule has 2 unspecified atom stereocenters. The number of nitrogens with one attached hydrogen (secondary N) is 2. The van der Waals surface area contributed by atoms with Crippen LogP contribution < -0.4 is 5.32 Å². The molecule has 0 radical (unpaired) electrons. The summed E-state index contributed by atoms with van der Waals surface area (Å²) in [5.74, 6) is 2.56. The van der Waals surface area contributed by atoms with E-state index in [1.54, 1.807) is 0 Å². The Morgan fingerprint density at radius 3 is 3.06 bits per heavy atom. The lowest BCUT2D eigenvalue weighted by atomic mass is 9.82. The molecule has 2 heterocycles. The van der Waals surface area contributed by atoms with Crippen molar-refractivity contribution in [2.45, 2.75) is 51.5 Å². The number of aromatic amines is 1. The number of rotatable bonds is 1. The average Bonchev–Trinajstić information content (AvgIpc) is 2.39. The maximum absolute atomic E-state index is 5.45. The van der Waals surface area contributed by atoms with Crippen LogP contribution in [0, 0.1) is 10.6 Å². The van der Waals surface area contributed by atoms with Gasteiger partial charge in [0.05, 0.1) is 0 Å². The Bertz CT molecular complexity index is 494. The van der Waals surface area contributed by atoms with E-state index in [4.69, 9.17) is 12.2 Å². The van der Waals surface area contributed by atoms with Gasteiger partial charge in [-0.3, -0.25) is 0 Å². The van der Waals surface area contributed by atoms with E-state index in [0.29, 0.717) is 5.92 Å². The summed E-state index contributed by atoms with van der Waals surface area (Å²) in [6, 6.07) is 0. The van der Waals surface area contributed by atoms with Crippen LogP contribution in [0.1, 0.15) is 55.6 Å². The number of aromatic nitrogens is 2. The van der Waals surface area contributed by atoms with E-state index >= 15 is 0 Å². The quantitative estimate of drug-likeness (QED) is 0.765. The van der Waals surface area contributed by atoms with Crippen molar-refractivity contribution in [3.63, 3.8) is 0 Å². The normalized spacial score (nSPS) is 27.8. The lowest BCUT2D eigenvalue weighted by Gasteiger charge is -2.27. The summed E-state index contributed by atoms with van der Waals surface area (Å²) in [6.07, 6.45) is 6.27. The molecule has 1 saturated carbocycles. The summed E-state index contributed by atoms with van der Waals surface area (Å²) in [6.45, 7) is 4.27. The minimum absolute atomic E-state index is 0.593. The van der Waals surface area contributed by atoms with Gasteiger partial charge in [0.1, 0.15) is 10.5 Å². The van der Waals surface area contributed by atoms with Gasteiger partial charge in [-0.2, -0.15) is 0 Å². The van der Waals surface area contributed by atoms with Crippen LogP contribution in [0.5, 0.6) is 0 Å². The number of nitrogens with zero attached hydrogens (tertiary/aromatic N) is 1. The largest absolute Gasteiger partial charge is 0.347 e. The van der Waals surface area contributed by atoms with Crippen LogP contribution in [0.15, 0.2) is 0 Å². The SMILES string of the molecule is CC1CCCC(c2nc(=S)c3c([nH]2)CCNC3)C1. The lowest BCUT2D eigenvalue weighted by Crippen LogP contribution is -2.26. The Balaban J connectivity index is 1.93. The maximum atomic E-state index is 5.45. The molecule has 0 bridgehead atoms. The minimum Gasteiger partial charge on any atom is -0.347 e. The van der Waals surface area contributed by atoms with Gasteiger partial charge >= 0.3 is 0 Å². The van der Waals surface area contributed by atoms with Crippen LogP contribution >= 0.6 is 12.2 Å². The molecule has 0 aromatic carbocycles. The molecule has 0 saturated heterocycles. The minimum atomic E-state index is 0.593. The summed E-state index contributed by atoms with van der Waals surface area (Å²) < 4.78 is 0.809. The highest BCUT2D eigenvalue weighted by Crippen LogP contribution is 2.34. The van der Waals surface area contributed by atoms with Crippen LogP contribution in [-0.4, -0.2) is 16.5 Å². The Kier molecular flexibility index (Phi) is 3.48. The molecule has 1 aromatic rings. The monoisotopic (exact) mass is 263 g/mol. The molecule has 0 spiro atoms. The van der Waals surface area contributed by atoms with Gasteiger partial charge in [-0.1, -0.05) is 32.0 Å². The van der Waals surface area contributed by atoms with E-state index in [1.165, 1.54) is 36.9 Å². The fourth-order valence-corrected chi connectivity index (χ4v) is 3.56. The molecule has 18 heavy (non-hydrogen) atoms. The van der Waals surface area contributed by atoms with Crippen LogP contribution in [0.25, 0.3) is 0 Å². The van der Waals surface area contributed by atoms with Gasteiger partial charge in [-0.15, -0.1) is 0 Å². The van der Waals surface area contributed by atoms with Crippen molar-refractivity contribution >= 4 is 12.2 Å². The first kappa shape index (κ1) is 12.3. The van der Waals surface area contributed by atoms with Gasteiger partial charge in [-0.25, -0.2) is 4.98 Å². The Morgan fingerprint density at radius 2 is 2.22 bits per heavy atom. The number of fused-ring (bicyclic) bond motifs is 1. The number of hydrogen-bond donors (Lipinski definition) is 2. The highest BCUT2D eigenvalue weighted by Gasteiger charge is 2.23. The first-order chi connectivity index (χ1) is 8.74. The maximum Gasteiger partial charge on any atom is 0.134 e. The highest BCUT2D eigenvalue weighted by molar-refractivity contribution is 7.71. The summed E-state index contributed by atoms with van der Waals surface area (Å²) >= 11 is 5.45. The topological polar surface area (TPSA) is 40.7 Å². The van der Waals surface area contributed by atoms with Crippen molar-refractivity contribution < 1.29 is 0 Å². The van der Waals surface area contributed by atoms with Gasteiger partial charge in [0.2, 0.25) is 0 Å². The van der Waals surface area contributed by atoms with Crippen LogP contribution in [0.3, 0.4) is 0 Å². The third-order valence-corrected chi connectivity index (χ3v) is 4.64. The lowest BCUT2D eigenvalue weighted by molar-refractivity contribution is 0.334. The molecule has 3 nitrogen and oxygen atoms in total. The standard InChI is InChI=1S/C14H21N3S/c1-9-3-2-4-10(7-9)13-16-12-5-6-15-8-11(12)14(18)17-13/h9-10,15H,2-8H2,1H3,(H,16,17,18). The Morgan fingerprint density at radius 1 is 1.33 bits per heavy atom. The second-order valence-corrected chi connectivity index (χ2v) is 6.17. The molecule has 2 aliphatic rings. The molecule has 1 aliphatic heterocycles. The van der Waals surface area contributed by atoms with Gasteiger partial charge in [0.25, 0.3) is 0 Å². The molecule has 3 rings (SSSR count). The van der Waals surface area contributed by atoms with Gasteiger partial charge in [-0.05, 0) is 18.8 Å². The van der Waals surface area contributed by atoms with Crippen LogP contribution in [0.4, 0.5) is 0 Å². The second kappa shape index (κ2) is 5.10. The molecule has 98 valence electrons. The van der Waals surface area contributed by atoms with E-state index in [9.17, 15) is 0 Å². The van der Waals surface area contributed by atoms with Gasteiger partial charge < -0.3 is 10.3 Å². The molecule has 1 aromatic heterocycles. The van der Waals surface area contributed by atoms with Gasteiger partial charge in [0.15, 0.2) is 0 Å². The third-order valence-electron chi connectivity index (χ3n) is 4.30. The molecule has 4 heteroatoms. The van der Waals surface area contributed by atoms with E-state index < -0.39 is 0 Å². The smallest absolute Gasteiger partial charge is 0.134 e. The molecule has 2 N–H and O–H groups in total. The molecule has 1 aliphatic carbocycles. The van der Waals surface area contributed by atoms with Crippen molar-refractivity contribution in [3.05, 3.63) is 21.7 Å². The zero-order valence-electron chi connectivity index (χ0n) is 11.0. The van der Waals surface area contributed by atoms with Crippen molar-refractivity contribution in [1.29, 1.82) is 0 Å². The fraction of sp³-hybridized carbons (Fsp3) is 0.714. The predicted molar refractivity (Wildman–Crippen MR) is 75.2 cm³/mol. The number of H-pyrrole nitrogens is 1. The van der Waals surface area contributed by atoms with E-state index in [1.807, 2.05) is 0 Å². The first-order valence-electron chi connectivity index (χ1n) is 7.06. The molecule has 2 atom stereocenters. The van der Waals surface area contributed by atoms with Crippen molar-refractivity contribution in [3.8, 4) is 0 Å². The molecule has 0 amide bonds. The van der Waals surface area contributed by atoms with Crippen molar-refractivity contribution in [1.82, 2.24) is 15.3 Å². The molecule has 1 fully saturated rings. The summed E-state index contributed by atoms with van der Waals surface area (Å²) in [7, 11) is 0. The molecular weight excluding hydrogens is 242 g/mol. The second-order valence-electron chi connectivity index (χ2n) is 5.78. The fourth-order valence-electron chi connectivity index (χ4n) is 3.26. The van der Waals surface area contributed by atoms with Gasteiger partial charge in [0, 0.05) is 36.7 Å². The zero-order chi connectivity index (χ0) is 12.5. The Hall–Kier alpha value is -0.740. The summed E-state index contributed by atoms with van der Waals surface area (Å²) in [5, 5.41) is 3.36. The number of hydrogen-bond acceptors (Lipinski definition) is 3. The van der Waals surface area contributed by atoms with E-state index in [2.05, 4.69) is 22.2 Å². The van der Waals surface area contributed by atoms with Crippen molar-refractivity contribution in [2.24, 2.45) is 5.92 Å². The average molecular weight is 263 g/mol. The van der Waals surface area contributed by atoms with Crippen LogP contribution in [0.2, 0.25) is 0 Å².